The lowest BCUT2D eigenvalue weighted by atomic mass is 9.98. The zero-order valence-electron chi connectivity index (χ0n) is 18.4. The number of nitrogens with one attached hydrogen (secondary N) is 1. The monoisotopic (exact) mass is 474 g/mol. The molecule has 1 aliphatic rings. The van der Waals surface area contributed by atoms with Crippen molar-refractivity contribution in [2.24, 2.45) is 0 Å². The van der Waals surface area contributed by atoms with Crippen LogP contribution in [0.2, 0.25) is 0 Å². The Morgan fingerprint density at radius 2 is 1.74 bits per heavy atom. The minimum atomic E-state index is -1.15. The van der Waals surface area contributed by atoms with Gasteiger partial charge in [-0.3, -0.25) is 0 Å². The molecule has 1 heterocycles. The van der Waals surface area contributed by atoms with Gasteiger partial charge in [-0.1, -0.05) is 48.5 Å². The minimum Gasteiger partial charge on any atom is -0.497 e. The van der Waals surface area contributed by atoms with Crippen molar-refractivity contribution in [3.8, 4) is 16.9 Å². The van der Waals surface area contributed by atoms with Gasteiger partial charge in [-0.05, 0) is 40.5 Å². The molecule has 5 rings (SSSR count). The van der Waals surface area contributed by atoms with Crippen LogP contribution in [0, 0.1) is 0 Å². The molecule has 1 aliphatic carbocycles. The third kappa shape index (κ3) is 4.20. The summed E-state index contributed by atoms with van der Waals surface area (Å²) in [6.45, 7) is 0.118. The second kappa shape index (κ2) is 9.15. The third-order valence-corrected chi connectivity index (χ3v) is 6.99. The number of rotatable bonds is 7. The normalized spacial score (nSPS) is 13.2. The predicted molar refractivity (Wildman–Crippen MR) is 130 cm³/mol. The average Bonchev–Trinajstić information content (AvgIpc) is 3.40. The van der Waals surface area contributed by atoms with E-state index < -0.39 is 18.1 Å². The molecule has 8 heteroatoms. The van der Waals surface area contributed by atoms with Gasteiger partial charge in [0, 0.05) is 12.3 Å². The zero-order valence-corrected chi connectivity index (χ0v) is 19.2. The number of carboxylic acids is 1. The van der Waals surface area contributed by atoms with Crippen LogP contribution in [0.1, 0.15) is 22.1 Å². The molecule has 0 unspecified atom stereocenters. The Bertz CT molecular complexity index is 1340. The first-order chi connectivity index (χ1) is 16.5. The second-order valence-corrected chi connectivity index (χ2v) is 9.12. The van der Waals surface area contributed by atoms with Crippen molar-refractivity contribution in [2.45, 2.75) is 18.4 Å². The molecule has 3 aromatic carbocycles. The molecule has 0 radical (unpaired) electrons. The van der Waals surface area contributed by atoms with Gasteiger partial charge < -0.3 is 19.9 Å². The van der Waals surface area contributed by atoms with Crippen LogP contribution in [0.4, 0.5) is 4.79 Å². The molecule has 0 fully saturated rings. The number of carboxylic acid groups (broad SMARTS) is 1. The molecule has 0 saturated heterocycles. The number of benzene rings is 3. The number of aliphatic carboxylic acids is 1. The van der Waals surface area contributed by atoms with Crippen molar-refractivity contribution in [3.63, 3.8) is 0 Å². The van der Waals surface area contributed by atoms with Crippen molar-refractivity contribution in [3.05, 3.63) is 82.9 Å². The standard InChI is InChI=1S/C26H22N2O5S/c1-32-15-10-11-21-23(12-15)34-24(27-21)13-22(25(29)30)28-26(31)33-14-20-18-8-4-2-6-16(18)17-7-3-5-9-19(17)20/h2-12,20,22H,13-14H2,1H3,(H,28,31)(H,29,30)/t22-/m0/s1. The van der Waals surface area contributed by atoms with E-state index in [1.165, 1.54) is 11.3 Å². The SMILES string of the molecule is COc1ccc2nc(C[C@H](NC(=O)OCC3c4ccccc4-c4ccccc43)C(=O)O)sc2c1. The number of carbonyl (C=O) groups excluding carboxylic acids is 1. The van der Waals surface area contributed by atoms with Crippen LogP contribution >= 0.6 is 11.3 Å². The lowest BCUT2D eigenvalue weighted by Gasteiger charge is -2.17. The lowest BCUT2D eigenvalue weighted by Crippen LogP contribution is -2.42. The summed E-state index contributed by atoms with van der Waals surface area (Å²) in [6.07, 6.45) is -0.710. The molecular weight excluding hydrogens is 452 g/mol. The number of alkyl carbamates (subject to hydrolysis) is 1. The van der Waals surface area contributed by atoms with Gasteiger partial charge in [0.1, 0.15) is 18.4 Å². The molecule has 1 aromatic heterocycles. The van der Waals surface area contributed by atoms with E-state index in [0.29, 0.717) is 10.8 Å². The molecule has 4 aromatic rings. The Balaban J connectivity index is 1.26. The first kappa shape index (κ1) is 21.9. The number of ether oxygens (including phenoxy) is 2. The first-order valence-electron chi connectivity index (χ1n) is 10.8. The summed E-state index contributed by atoms with van der Waals surface area (Å²) in [6, 6.07) is 20.4. The number of amides is 1. The van der Waals surface area contributed by atoms with Crippen LogP contribution < -0.4 is 10.1 Å². The van der Waals surface area contributed by atoms with E-state index in [-0.39, 0.29) is 18.9 Å². The molecule has 172 valence electrons. The highest BCUT2D eigenvalue weighted by Crippen LogP contribution is 2.44. The van der Waals surface area contributed by atoms with Crippen LogP contribution in [-0.4, -0.2) is 41.9 Å². The summed E-state index contributed by atoms with van der Waals surface area (Å²) >= 11 is 1.37. The van der Waals surface area contributed by atoms with Gasteiger partial charge in [0.25, 0.3) is 0 Å². The molecule has 7 nitrogen and oxygen atoms in total. The van der Waals surface area contributed by atoms with Gasteiger partial charge in [-0.15, -0.1) is 11.3 Å². The van der Waals surface area contributed by atoms with Crippen LogP contribution in [-0.2, 0) is 16.0 Å². The van der Waals surface area contributed by atoms with Crippen molar-refractivity contribution in [1.82, 2.24) is 10.3 Å². The fraction of sp³-hybridized carbons (Fsp3) is 0.192. The highest BCUT2D eigenvalue weighted by molar-refractivity contribution is 7.18. The number of nitrogens with zero attached hydrogens (tertiary/aromatic N) is 1. The zero-order chi connectivity index (χ0) is 23.7. The fourth-order valence-corrected chi connectivity index (χ4v) is 5.37. The van der Waals surface area contributed by atoms with E-state index in [1.807, 2.05) is 48.5 Å². The number of fused-ring (bicyclic) bond motifs is 4. The number of carbonyl (C=O) groups is 2. The van der Waals surface area contributed by atoms with Gasteiger partial charge in [0.05, 0.1) is 22.3 Å². The van der Waals surface area contributed by atoms with Crippen molar-refractivity contribution in [1.29, 1.82) is 0 Å². The highest BCUT2D eigenvalue weighted by Gasteiger charge is 2.30. The average molecular weight is 475 g/mol. The summed E-state index contributed by atoms with van der Waals surface area (Å²) in [5, 5.41) is 12.8. The number of aromatic nitrogens is 1. The summed E-state index contributed by atoms with van der Waals surface area (Å²) in [7, 11) is 1.59. The van der Waals surface area contributed by atoms with Gasteiger partial charge in [-0.25, -0.2) is 14.6 Å². The van der Waals surface area contributed by atoms with Crippen LogP contribution in [0.15, 0.2) is 66.7 Å². The highest BCUT2D eigenvalue weighted by atomic mass is 32.1. The molecule has 0 bridgehead atoms. The molecule has 2 N–H and O–H groups in total. The van der Waals surface area contributed by atoms with E-state index in [9.17, 15) is 14.7 Å². The maximum Gasteiger partial charge on any atom is 0.407 e. The lowest BCUT2D eigenvalue weighted by molar-refractivity contribution is -0.139. The molecule has 0 aliphatic heterocycles. The predicted octanol–water partition coefficient (Wildman–Crippen LogP) is 4.84. The van der Waals surface area contributed by atoms with E-state index in [1.54, 1.807) is 13.2 Å². The molecule has 1 atom stereocenters. The quantitative estimate of drug-likeness (QED) is 0.398. The molecular formula is C26H22N2O5S. The summed E-state index contributed by atoms with van der Waals surface area (Å²) < 4.78 is 11.6. The maximum atomic E-state index is 12.6. The number of thiazole rings is 1. The van der Waals surface area contributed by atoms with Crippen molar-refractivity contribution >= 4 is 33.6 Å². The molecule has 34 heavy (non-hydrogen) atoms. The topological polar surface area (TPSA) is 97.8 Å². The summed E-state index contributed by atoms with van der Waals surface area (Å²) in [5.74, 6) is -0.541. The van der Waals surface area contributed by atoms with Crippen molar-refractivity contribution in [2.75, 3.05) is 13.7 Å². The Morgan fingerprint density at radius 1 is 1.06 bits per heavy atom. The van der Waals surface area contributed by atoms with Crippen LogP contribution in [0.3, 0.4) is 0 Å². The Kier molecular flexibility index (Phi) is 5.90. The largest absolute Gasteiger partial charge is 0.497 e. The molecule has 1 amide bonds. The number of hydrogen-bond acceptors (Lipinski definition) is 6. The van der Waals surface area contributed by atoms with Crippen molar-refractivity contribution < 1.29 is 24.2 Å². The number of hydrogen-bond donors (Lipinski definition) is 2. The van der Waals surface area contributed by atoms with E-state index >= 15 is 0 Å². The van der Waals surface area contributed by atoms with E-state index in [2.05, 4.69) is 22.4 Å². The van der Waals surface area contributed by atoms with E-state index in [4.69, 9.17) is 9.47 Å². The van der Waals surface area contributed by atoms with Gasteiger partial charge >= 0.3 is 12.1 Å². The third-order valence-electron chi connectivity index (χ3n) is 5.95. The number of methoxy groups -OCH3 is 1. The smallest absolute Gasteiger partial charge is 0.407 e. The van der Waals surface area contributed by atoms with Crippen LogP contribution in [0.5, 0.6) is 5.75 Å². The molecule has 0 saturated carbocycles. The second-order valence-electron chi connectivity index (χ2n) is 8.01. The van der Waals surface area contributed by atoms with E-state index in [0.717, 1.165) is 32.5 Å². The first-order valence-corrected chi connectivity index (χ1v) is 11.6. The minimum absolute atomic E-state index is 0.0567. The Morgan fingerprint density at radius 3 is 2.38 bits per heavy atom. The maximum absolute atomic E-state index is 12.6. The van der Waals surface area contributed by atoms with Gasteiger partial charge in [0.2, 0.25) is 0 Å². The Labute approximate surface area is 200 Å². The van der Waals surface area contributed by atoms with Crippen LogP contribution in [0.25, 0.3) is 21.3 Å². The Hall–Kier alpha value is -3.91. The summed E-state index contributed by atoms with van der Waals surface area (Å²) in [4.78, 5) is 28.9. The molecule has 0 spiro atoms. The fourth-order valence-electron chi connectivity index (χ4n) is 4.32. The van der Waals surface area contributed by atoms with Gasteiger partial charge in [0.15, 0.2) is 0 Å². The van der Waals surface area contributed by atoms with Gasteiger partial charge in [-0.2, -0.15) is 0 Å². The summed E-state index contributed by atoms with van der Waals surface area (Å²) in [5.41, 5.74) is 5.20.